The molecule has 5 heteroatoms. The fourth-order valence-corrected chi connectivity index (χ4v) is 2.75. The topological polar surface area (TPSA) is 81.6 Å². The van der Waals surface area contributed by atoms with Crippen molar-refractivity contribution < 1.29 is 9.53 Å². The number of rotatable bonds is 7. The molecule has 1 aromatic rings. The van der Waals surface area contributed by atoms with E-state index in [4.69, 9.17) is 16.2 Å². The van der Waals surface area contributed by atoms with E-state index in [1.807, 2.05) is 18.2 Å². The molecule has 1 amide bonds. The summed E-state index contributed by atoms with van der Waals surface area (Å²) in [6.45, 7) is 1.56. The predicted octanol–water partition coefficient (Wildman–Crippen LogP) is 1.38. The molecule has 1 fully saturated rings. The first-order valence-electron chi connectivity index (χ1n) is 7.16. The second-order valence-corrected chi connectivity index (χ2v) is 5.30. The van der Waals surface area contributed by atoms with Crippen LogP contribution < -0.4 is 16.2 Å². The van der Waals surface area contributed by atoms with Gasteiger partial charge >= 0.3 is 0 Å². The lowest BCUT2D eigenvalue weighted by atomic mass is 10.2. The van der Waals surface area contributed by atoms with Gasteiger partial charge in [-0.25, -0.2) is 0 Å². The molecule has 1 aliphatic rings. The molecule has 1 saturated carbocycles. The minimum Gasteiger partial charge on any atom is -0.492 e. The lowest BCUT2D eigenvalue weighted by Crippen LogP contribution is -2.42. The van der Waals surface area contributed by atoms with E-state index in [1.54, 1.807) is 6.07 Å². The van der Waals surface area contributed by atoms with Crippen LogP contribution in [0.3, 0.4) is 0 Å². The van der Waals surface area contributed by atoms with Crippen LogP contribution in [0.5, 0.6) is 5.75 Å². The lowest BCUT2D eigenvalue weighted by molar-refractivity contribution is -0.119. The molecule has 0 radical (unpaired) electrons. The number of hydrogen-bond donors (Lipinski definition) is 2. The summed E-state index contributed by atoms with van der Waals surface area (Å²) in [5, 5.41) is 0. The molecule has 2 rings (SSSR count). The number of nitrogen functional groups attached to an aromatic ring is 1. The van der Waals surface area contributed by atoms with E-state index in [-0.39, 0.29) is 5.91 Å². The van der Waals surface area contributed by atoms with Gasteiger partial charge in [0.05, 0.1) is 6.54 Å². The highest BCUT2D eigenvalue weighted by atomic mass is 16.5. The molecule has 0 atom stereocenters. The highest BCUT2D eigenvalue weighted by Gasteiger charge is 2.23. The van der Waals surface area contributed by atoms with Crippen molar-refractivity contribution in [2.45, 2.75) is 31.7 Å². The van der Waals surface area contributed by atoms with Crippen LogP contribution in [0.1, 0.15) is 25.7 Å². The fourth-order valence-electron chi connectivity index (χ4n) is 2.75. The van der Waals surface area contributed by atoms with Crippen molar-refractivity contribution >= 4 is 11.6 Å². The van der Waals surface area contributed by atoms with Crippen molar-refractivity contribution in [3.63, 3.8) is 0 Å². The smallest absolute Gasteiger partial charge is 0.231 e. The highest BCUT2D eigenvalue weighted by molar-refractivity contribution is 5.75. The van der Waals surface area contributed by atoms with E-state index >= 15 is 0 Å². The Morgan fingerprint density at radius 1 is 1.35 bits per heavy atom. The van der Waals surface area contributed by atoms with Gasteiger partial charge < -0.3 is 16.2 Å². The molecular weight excluding hydrogens is 254 g/mol. The third kappa shape index (κ3) is 4.42. The molecular formula is C15H23N3O2. The monoisotopic (exact) mass is 277 g/mol. The van der Waals surface area contributed by atoms with Gasteiger partial charge in [-0.2, -0.15) is 0 Å². The number of carbonyl (C=O) groups is 1. The Labute approximate surface area is 119 Å². The second kappa shape index (κ2) is 7.14. The standard InChI is InChI=1S/C15H23N3O2/c16-12-4-3-7-14(10-12)20-9-8-18(11-15(17)19)13-5-1-2-6-13/h3-4,7,10,13H,1-2,5-6,8-9,11,16H2,(H2,17,19). The van der Waals surface area contributed by atoms with Crippen molar-refractivity contribution in [3.05, 3.63) is 24.3 Å². The van der Waals surface area contributed by atoms with Crippen molar-refractivity contribution in [1.82, 2.24) is 4.90 Å². The van der Waals surface area contributed by atoms with Gasteiger partial charge in [0.25, 0.3) is 0 Å². The lowest BCUT2D eigenvalue weighted by Gasteiger charge is -2.27. The first-order chi connectivity index (χ1) is 9.65. The number of nitrogens with zero attached hydrogens (tertiary/aromatic N) is 1. The van der Waals surface area contributed by atoms with Crippen LogP contribution in [-0.4, -0.2) is 36.5 Å². The molecule has 20 heavy (non-hydrogen) atoms. The van der Waals surface area contributed by atoms with Crippen LogP contribution in [0.4, 0.5) is 5.69 Å². The Hall–Kier alpha value is -1.75. The van der Waals surface area contributed by atoms with Gasteiger partial charge in [-0.15, -0.1) is 0 Å². The molecule has 0 aliphatic heterocycles. The van der Waals surface area contributed by atoms with Gasteiger partial charge in [0.1, 0.15) is 12.4 Å². The maximum Gasteiger partial charge on any atom is 0.231 e. The Balaban J connectivity index is 1.83. The summed E-state index contributed by atoms with van der Waals surface area (Å²) in [7, 11) is 0. The second-order valence-electron chi connectivity index (χ2n) is 5.30. The zero-order valence-electron chi connectivity index (χ0n) is 11.8. The van der Waals surface area contributed by atoms with Crippen molar-refractivity contribution in [2.24, 2.45) is 5.73 Å². The summed E-state index contributed by atoms with van der Waals surface area (Å²) in [6.07, 6.45) is 4.75. The molecule has 1 aliphatic carbocycles. The van der Waals surface area contributed by atoms with E-state index < -0.39 is 0 Å². The van der Waals surface area contributed by atoms with Crippen LogP contribution in [0.25, 0.3) is 0 Å². The minimum atomic E-state index is -0.277. The fraction of sp³-hybridized carbons (Fsp3) is 0.533. The average molecular weight is 277 g/mol. The van der Waals surface area contributed by atoms with Crippen LogP contribution in [0.2, 0.25) is 0 Å². The number of benzene rings is 1. The van der Waals surface area contributed by atoms with Gasteiger partial charge in [-0.1, -0.05) is 18.9 Å². The number of anilines is 1. The Kier molecular flexibility index (Phi) is 5.24. The molecule has 0 spiro atoms. The van der Waals surface area contributed by atoms with Crippen molar-refractivity contribution in [2.75, 3.05) is 25.4 Å². The molecule has 0 unspecified atom stereocenters. The van der Waals surface area contributed by atoms with Gasteiger partial charge in [0, 0.05) is 24.3 Å². The van der Waals surface area contributed by atoms with Crippen LogP contribution in [0.15, 0.2) is 24.3 Å². The van der Waals surface area contributed by atoms with Crippen LogP contribution >= 0.6 is 0 Å². The van der Waals surface area contributed by atoms with E-state index in [2.05, 4.69) is 4.90 Å². The zero-order valence-corrected chi connectivity index (χ0v) is 11.8. The Bertz CT molecular complexity index is 444. The maximum atomic E-state index is 11.2. The molecule has 0 saturated heterocycles. The summed E-state index contributed by atoms with van der Waals surface area (Å²) < 4.78 is 5.68. The van der Waals surface area contributed by atoms with Crippen LogP contribution in [-0.2, 0) is 4.79 Å². The highest BCUT2D eigenvalue weighted by Crippen LogP contribution is 2.23. The summed E-state index contributed by atoms with van der Waals surface area (Å²) in [5.41, 5.74) is 11.7. The van der Waals surface area contributed by atoms with Gasteiger partial charge in [0.2, 0.25) is 5.91 Å². The van der Waals surface area contributed by atoms with E-state index in [1.165, 1.54) is 12.8 Å². The maximum absolute atomic E-state index is 11.2. The number of hydrogen-bond acceptors (Lipinski definition) is 4. The molecule has 5 nitrogen and oxygen atoms in total. The number of amides is 1. The third-order valence-corrected chi connectivity index (χ3v) is 3.71. The molecule has 0 bridgehead atoms. The van der Waals surface area contributed by atoms with E-state index in [0.717, 1.165) is 18.6 Å². The van der Waals surface area contributed by atoms with Gasteiger partial charge in [-0.05, 0) is 25.0 Å². The van der Waals surface area contributed by atoms with Gasteiger partial charge in [0.15, 0.2) is 0 Å². The molecule has 1 aromatic carbocycles. The average Bonchev–Trinajstić information content (AvgIpc) is 2.91. The SMILES string of the molecule is NC(=O)CN(CCOc1cccc(N)c1)C1CCCC1. The number of nitrogens with two attached hydrogens (primary N) is 2. The normalized spacial score (nSPS) is 15.7. The number of primary amides is 1. The third-order valence-electron chi connectivity index (χ3n) is 3.71. The molecule has 0 heterocycles. The summed E-state index contributed by atoms with van der Waals surface area (Å²) in [6, 6.07) is 7.83. The van der Waals surface area contributed by atoms with Crippen molar-refractivity contribution in [3.8, 4) is 5.75 Å². The summed E-state index contributed by atoms with van der Waals surface area (Å²) >= 11 is 0. The molecule has 0 aromatic heterocycles. The Morgan fingerprint density at radius 2 is 2.10 bits per heavy atom. The quantitative estimate of drug-likeness (QED) is 0.738. The van der Waals surface area contributed by atoms with Crippen molar-refractivity contribution in [1.29, 1.82) is 0 Å². The first-order valence-corrected chi connectivity index (χ1v) is 7.16. The summed E-state index contributed by atoms with van der Waals surface area (Å²) in [5.74, 6) is 0.483. The first kappa shape index (κ1) is 14.7. The van der Waals surface area contributed by atoms with Gasteiger partial charge in [-0.3, -0.25) is 9.69 Å². The van der Waals surface area contributed by atoms with Crippen LogP contribution in [0, 0.1) is 0 Å². The Morgan fingerprint density at radius 3 is 2.75 bits per heavy atom. The van der Waals surface area contributed by atoms with E-state index in [0.29, 0.717) is 31.4 Å². The minimum absolute atomic E-state index is 0.277. The summed E-state index contributed by atoms with van der Waals surface area (Å²) in [4.78, 5) is 13.3. The largest absolute Gasteiger partial charge is 0.492 e. The predicted molar refractivity (Wildman–Crippen MR) is 79.4 cm³/mol. The molecule has 110 valence electrons. The zero-order chi connectivity index (χ0) is 14.4. The number of carbonyl (C=O) groups excluding carboxylic acids is 1. The number of ether oxygens (including phenoxy) is 1. The molecule has 4 N–H and O–H groups in total. The van der Waals surface area contributed by atoms with E-state index in [9.17, 15) is 4.79 Å².